The Morgan fingerprint density at radius 3 is 2.28 bits per heavy atom. The molecule has 3 aromatic rings. The first kappa shape index (κ1) is 16.9. The van der Waals surface area contributed by atoms with Crippen LogP contribution in [0.2, 0.25) is 0 Å². The van der Waals surface area contributed by atoms with E-state index >= 15 is 0 Å². The summed E-state index contributed by atoms with van der Waals surface area (Å²) in [5, 5.41) is 3.26. The Bertz CT molecular complexity index is 931. The van der Waals surface area contributed by atoms with Crippen LogP contribution in [0.5, 0.6) is 0 Å². The van der Waals surface area contributed by atoms with Crippen LogP contribution in [0.4, 0.5) is 5.00 Å². The molecule has 0 saturated carbocycles. The number of aryl methyl sites for hydroxylation is 2. The summed E-state index contributed by atoms with van der Waals surface area (Å²) in [5.74, 6) is -0.869. The first-order valence-electron chi connectivity index (χ1n) is 7.69. The first-order valence-corrected chi connectivity index (χ1v) is 8.50. The molecule has 0 atom stereocenters. The Morgan fingerprint density at radius 2 is 1.68 bits per heavy atom. The fraction of sp³-hybridized carbons (Fsp3) is 0.105. The number of nitrogens with one attached hydrogen (secondary N) is 1. The number of nitrogens with zero attached hydrogens (tertiary/aromatic N) is 1. The number of benzene rings is 1. The molecule has 0 radical (unpaired) electrons. The molecule has 0 fully saturated rings. The van der Waals surface area contributed by atoms with E-state index in [1.165, 1.54) is 11.3 Å². The highest BCUT2D eigenvalue weighted by Gasteiger charge is 2.23. The summed E-state index contributed by atoms with van der Waals surface area (Å²) in [5.41, 5.74) is 9.22. The smallest absolute Gasteiger partial charge is 0.256 e. The van der Waals surface area contributed by atoms with Gasteiger partial charge >= 0.3 is 0 Å². The summed E-state index contributed by atoms with van der Waals surface area (Å²) in [6, 6.07) is 11.1. The van der Waals surface area contributed by atoms with Gasteiger partial charge in [0, 0.05) is 28.4 Å². The van der Waals surface area contributed by atoms with Crippen molar-refractivity contribution in [3.63, 3.8) is 0 Å². The second kappa shape index (κ2) is 6.86. The van der Waals surface area contributed by atoms with E-state index in [0.29, 0.717) is 16.1 Å². The lowest BCUT2D eigenvalue weighted by Crippen LogP contribution is -2.17. The SMILES string of the molecule is Cc1ccc(-c2c(C)sc(NC(=O)c3ccncc3)c2C(N)=O)cc1. The zero-order chi connectivity index (χ0) is 18.0. The Hall–Kier alpha value is -2.99. The number of aromatic nitrogens is 1. The molecule has 1 aromatic carbocycles. The fourth-order valence-electron chi connectivity index (χ4n) is 2.61. The van der Waals surface area contributed by atoms with Gasteiger partial charge in [-0.25, -0.2) is 0 Å². The lowest BCUT2D eigenvalue weighted by atomic mass is 10.00. The third-order valence-corrected chi connectivity index (χ3v) is 4.86. The number of hydrogen-bond donors (Lipinski definition) is 2. The number of carbonyl (C=O) groups is 2. The maximum absolute atomic E-state index is 12.4. The number of anilines is 1. The van der Waals surface area contributed by atoms with Crippen LogP contribution in [0, 0.1) is 13.8 Å². The van der Waals surface area contributed by atoms with E-state index in [1.807, 2.05) is 38.1 Å². The van der Waals surface area contributed by atoms with Crippen LogP contribution >= 0.6 is 11.3 Å². The van der Waals surface area contributed by atoms with E-state index in [9.17, 15) is 9.59 Å². The number of nitrogens with two attached hydrogens (primary N) is 1. The van der Waals surface area contributed by atoms with E-state index < -0.39 is 5.91 Å². The minimum atomic E-state index is -0.565. The molecular weight excluding hydrogens is 334 g/mol. The summed E-state index contributed by atoms with van der Waals surface area (Å²) < 4.78 is 0. The van der Waals surface area contributed by atoms with Gasteiger partial charge in [0.2, 0.25) is 0 Å². The number of thiophene rings is 1. The van der Waals surface area contributed by atoms with Gasteiger partial charge in [0.15, 0.2) is 0 Å². The molecule has 0 aliphatic heterocycles. The van der Waals surface area contributed by atoms with Gasteiger partial charge in [0.1, 0.15) is 5.00 Å². The van der Waals surface area contributed by atoms with Crippen molar-refractivity contribution in [3.05, 3.63) is 70.4 Å². The normalized spacial score (nSPS) is 10.5. The topological polar surface area (TPSA) is 85.1 Å². The largest absolute Gasteiger partial charge is 0.365 e. The Kier molecular flexibility index (Phi) is 4.63. The molecule has 5 nitrogen and oxygen atoms in total. The Labute approximate surface area is 149 Å². The second-order valence-corrected chi connectivity index (χ2v) is 6.88. The van der Waals surface area contributed by atoms with Crippen molar-refractivity contribution < 1.29 is 9.59 Å². The van der Waals surface area contributed by atoms with Crippen LogP contribution in [0.3, 0.4) is 0 Å². The van der Waals surface area contributed by atoms with E-state index in [4.69, 9.17) is 5.73 Å². The predicted octanol–water partition coefficient (Wildman–Crippen LogP) is 3.78. The summed E-state index contributed by atoms with van der Waals surface area (Å²) in [6.45, 7) is 3.91. The summed E-state index contributed by atoms with van der Waals surface area (Å²) >= 11 is 1.34. The second-order valence-electron chi connectivity index (χ2n) is 5.66. The lowest BCUT2D eigenvalue weighted by Gasteiger charge is -2.07. The van der Waals surface area contributed by atoms with Gasteiger partial charge in [-0.1, -0.05) is 29.8 Å². The molecule has 126 valence electrons. The molecule has 0 aliphatic carbocycles. The van der Waals surface area contributed by atoms with E-state index in [1.54, 1.807) is 24.5 Å². The lowest BCUT2D eigenvalue weighted by molar-refractivity contribution is 0.100. The number of carbonyl (C=O) groups excluding carboxylic acids is 2. The molecule has 0 unspecified atom stereocenters. The molecular formula is C19H17N3O2S. The zero-order valence-corrected chi connectivity index (χ0v) is 14.7. The first-order chi connectivity index (χ1) is 12.0. The highest BCUT2D eigenvalue weighted by molar-refractivity contribution is 7.17. The minimum absolute atomic E-state index is 0.304. The maximum atomic E-state index is 12.4. The van der Waals surface area contributed by atoms with E-state index in [-0.39, 0.29) is 5.91 Å². The van der Waals surface area contributed by atoms with Gasteiger partial charge in [0.05, 0.1) is 5.56 Å². The molecule has 2 aromatic heterocycles. The average molecular weight is 351 g/mol. The number of hydrogen-bond acceptors (Lipinski definition) is 4. The van der Waals surface area contributed by atoms with Crippen LogP contribution in [0.15, 0.2) is 48.8 Å². The monoisotopic (exact) mass is 351 g/mol. The van der Waals surface area contributed by atoms with Crippen LogP contribution < -0.4 is 11.1 Å². The average Bonchev–Trinajstić information content (AvgIpc) is 2.92. The van der Waals surface area contributed by atoms with Crippen LogP contribution in [-0.4, -0.2) is 16.8 Å². The molecule has 0 bridgehead atoms. The predicted molar refractivity (Wildman–Crippen MR) is 99.9 cm³/mol. The summed E-state index contributed by atoms with van der Waals surface area (Å²) in [4.78, 5) is 29.3. The van der Waals surface area contributed by atoms with Crippen molar-refractivity contribution in [1.29, 1.82) is 0 Å². The van der Waals surface area contributed by atoms with Crippen LogP contribution in [-0.2, 0) is 0 Å². The minimum Gasteiger partial charge on any atom is -0.365 e. The highest BCUT2D eigenvalue weighted by Crippen LogP contribution is 2.39. The van der Waals surface area contributed by atoms with Crippen LogP contribution in [0.25, 0.3) is 11.1 Å². The van der Waals surface area contributed by atoms with E-state index in [2.05, 4.69) is 10.3 Å². The fourth-order valence-corrected chi connectivity index (χ4v) is 3.69. The molecule has 0 aliphatic rings. The molecule has 3 N–H and O–H groups in total. The van der Waals surface area contributed by atoms with Crippen molar-refractivity contribution in [3.8, 4) is 11.1 Å². The van der Waals surface area contributed by atoms with Crippen molar-refractivity contribution >= 4 is 28.2 Å². The van der Waals surface area contributed by atoms with E-state index in [0.717, 1.165) is 21.6 Å². The molecule has 2 amide bonds. The standard InChI is InChI=1S/C19H17N3O2S/c1-11-3-5-13(6-4-11)15-12(2)25-19(16(15)17(20)23)22-18(24)14-7-9-21-10-8-14/h3-10H,1-2H3,(H2,20,23)(H,22,24). The summed E-state index contributed by atoms with van der Waals surface area (Å²) in [7, 11) is 0. The van der Waals surface area contributed by atoms with Crippen LogP contribution in [0.1, 0.15) is 31.2 Å². The molecule has 0 spiro atoms. The number of amides is 2. The van der Waals surface area contributed by atoms with Crippen molar-refractivity contribution in [2.75, 3.05) is 5.32 Å². The Morgan fingerprint density at radius 1 is 1.04 bits per heavy atom. The van der Waals surface area contributed by atoms with Gasteiger partial charge in [-0.2, -0.15) is 0 Å². The number of primary amides is 1. The molecule has 0 saturated heterocycles. The van der Waals surface area contributed by atoms with Crippen molar-refractivity contribution in [1.82, 2.24) is 4.98 Å². The number of rotatable bonds is 4. The molecule has 25 heavy (non-hydrogen) atoms. The van der Waals surface area contributed by atoms with Gasteiger partial charge in [-0.15, -0.1) is 11.3 Å². The molecule has 3 rings (SSSR count). The third kappa shape index (κ3) is 3.44. The Balaban J connectivity index is 2.03. The highest BCUT2D eigenvalue weighted by atomic mass is 32.1. The summed E-state index contributed by atoms with van der Waals surface area (Å²) in [6.07, 6.45) is 3.09. The maximum Gasteiger partial charge on any atom is 0.256 e. The quantitative estimate of drug-likeness (QED) is 0.750. The van der Waals surface area contributed by atoms with Gasteiger partial charge in [-0.3, -0.25) is 14.6 Å². The molecule has 6 heteroatoms. The van der Waals surface area contributed by atoms with Crippen molar-refractivity contribution in [2.45, 2.75) is 13.8 Å². The van der Waals surface area contributed by atoms with Gasteiger partial charge in [-0.05, 0) is 31.5 Å². The number of pyridine rings is 1. The molecule has 2 heterocycles. The third-order valence-electron chi connectivity index (χ3n) is 3.84. The zero-order valence-electron chi connectivity index (χ0n) is 13.9. The van der Waals surface area contributed by atoms with Gasteiger partial charge < -0.3 is 11.1 Å². The van der Waals surface area contributed by atoms with Gasteiger partial charge in [0.25, 0.3) is 11.8 Å². The van der Waals surface area contributed by atoms with Crippen molar-refractivity contribution in [2.24, 2.45) is 5.73 Å².